The predicted molar refractivity (Wildman–Crippen MR) is 119 cm³/mol. The number of esters is 3. The first kappa shape index (κ1) is 40.8. The van der Waals surface area contributed by atoms with Gasteiger partial charge in [0, 0.05) is 22.1 Å². The second kappa shape index (κ2) is 21.9. The second-order valence-corrected chi connectivity index (χ2v) is 14.7. The van der Waals surface area contributed by atoms with E-state index >= 15 is 0 Å². The molecule has 0 heterocycles. The minimum absolute atomic E-state index is 0. The SMILES string of the molecule is CCP(=O)([O-])CCC(=O)OC.CCP(=O)([O-])CCC(=O)OC.CCP(=O)([O-])CCC(=O)OC.[Ti+3]. The van der Waals surface area contributed by atoms with Crippen molar-refractivity contribution in [3.8, 4) is 0 Å². The van der Waals surface area contributed by atoms with Gasteiger partial charge in [0.1, 0.15) is 0 Å². The van der Waals surface area contributed by atoms with Gasteiger partial charge in [0.2, 0.25) is 0 Å². The van der Waals surface area contributed by atoms with E-state index in [9.17, 15) is 42.8 Å². The third kappa shape index (κ3) is 27.9. The molecule has 0 aliphatic heterocycles. The van der Waals surface area contributed by atoms with Crippen molar-refractivity contribution in [2.24, 2.45) is 0 Å². The molecule has 0 amide bonds. The van der Waals surface area contributed by atoms with Crippen LogP contribution in [0.25, 0.3) is 0 Å². The fraction of sp³-hybridized carbons (Fsp3) is 0.833. The largest absolute Gasteiger partial charge is 3.00 e. The molecule has 0 aliphatic rings. The standard InChI is InChI=1S/3C6H13O4P.Ti/c3*1-3-11(8,9)5-4-6(7)10-2;/h3*3-5H2,1-2H3,(H,8,9);/q;;;+3/p-3. The smallest absolute Gasteiger partial charge is 0.799 e. The summed E-state index contributed by atoms with van der Waals surface area (Å²) in [6.07, 6.45) is -0.0676. The van der Waals surface area contributed by atoms with Gasteiger partial charge in [0.05, 0.1) is 40.6 Å². The van der Waals surface area contributed by atoms with Gasteiger partial charge >= 0.3 is 39.6 Å². The fourth-order valence-corrected chi connectivity index (χ4v) is 4.08. The summed E-state index contributed by atoms with van der Waals surface area (Å²) < 4.78 is 45.4. The molecule has 0 aromatic heterocycles. The third-order valence-electron chi connectivity index (χ3n) is 4.10. The van der Waals surface area contributed by atoms with Crippen LogP contribution in [0.1, 0.15) is 40.0 Å². The summed E-state index contributed by atoms with van der Waals surface area (Å²) in [4.78, 5) is 64.0. The summed E-state index contributed by atoms with van der Waals surface area (Å²) in [5, 5.41) is 0. The number of hydrogen-bond acceptors (Lipinski definition) is 12. The van der Waals surface area contributed by atoms with Gasteiger partial charge in [-0.15, -0.1) is 0 Å². The van der Waals surface area contributed by atoms with Crippen molar-refractivity contribution in [3.63, 3.8) is 0 Å². The van der Waals surface area contributed by atoms with Crippen LogP contribution in [0.4, 0.5) is 0 Å². The molecule has 0 aromatic rings. The Kier molecular flexibility index (Phi) is 26.4. The second-order valence-electron chi connectivity index (χ2n) is 6.54. The quantitative estimate of drug-likeness (QED) is 0.134. The Morgan fingerprint density at radius 2 is 0.735 bits per heavy atom. The van der Waals surface area contributed by atoms with Crippen molar-refractivity contribution in [2.45, 2.75) is 40.0 Å². The zero-order valence-electron chi connectivity index (χ0n) is 20.6. The predicted octanol–water partition coefficient (Wildman–Crippen LogP) is 0.621. The van der Waals surface area contributed by atoms with Crippen molar-refractivity contribution in [1.29, 1.82) is 0 Å². The Balaban J connectivity index is -0.000000196. The van der Waals surface area contributed by atoms with E-state index in [-0.39, 0.29) is 78.0 Å². The van der Waals surface area contributed by atoms with E-state index in [1.807, 2.05) is 0 Å². The van der Waals surface area contributed by atoms with Gasteiger partial charge in [-0.25, -0.2) is 0 Å². The van der Waals surface area contributed by atoms with Crippen LogP contribution in [0.5, 0.6) is 0 Å². The van der Waals surface area contributed by atoms with Gasteiger partial charge in [0.15, 0.2) is 0 Å². The van der Waals surface area contributed by atoms with Crippen molar-refractivity contribution in [2.75, 3.05) is 58.3 Å². The van der Waals surface area contributed by atoms with Crippen LogP contribution in [0, 0.1) is 0 Å². The van der Waals surface area contributed by atoms with Gasteiger partial charge in [-0.2, -0.15) is 0 Å². The van der Waals surface area contributed by atoms with Crippen LogP contribution < -0.4 is 14.7 Å². The first-order valence-electron chi connectivity index (χ1n) is 10.1. The zero-order valence-corrected chi connectivity index (χ0v) is 24.8. The van der Waals surface area contributed by atoms with Crippen LogP contribution in [-0.4, -0.2) is 76.2 Å². The van der Waals surface area contributed by atoms with Crippen LogP contribution in [0.15, 0.2) is 0 Å². The van der Waals surface area contributed by atoms with E-state index in [1.165, 1.54) is 21.3 Å². The Morgan fingerprint density at radius 3 is 0.853 bits per heavy atom. The van der Waals surface area contributed by atoms with E-state index in [0.717, 1.165) is 0 Å². The number of carbonyl (C=O) groups excluding carboxylic acids is 3. The molecule has 0 fully saturated rings. The van der Waals surface area contributed by atoms with E-state index in [2.05, 4.69) is 14.2 Å². The Labute approximate surface area is 216 Å². The molecule has 3 unspecified atom stereocenters. The van der Waals surface area contributed by atoms with Crippen LogP contribution in [0.3, 0.4) is 0 Å². The van der Waals surface area contributed by atoms with Gasteiger partial charge in [-0.05, 0) is 37.0 Å². The summed E-state index contributed by atoms with van der Waals surface area (Å²) in [6, 6.07) is 0. The summed E-state index contributed by atoms with van der Waals surface area (Å²) in [6.45, 7) is 4.68. The Morgan fingerprint density at radius 1 is 0.559 bits per heavy atom. The number of rotatable bonds is 12. The molecule has 0 rings (SSSR count). The fourth-order valence-electron chi connectivity index (χ4n) is 1.57. The van der Waals surface area contributed by atoms with Crippen LogP contribution in [0.2, 0.25) is 0 Å². The molecule has 0 saturated carbocycles. The molecule has 12 nitrogen and oxygen atoms in total. The maximum atomic E-state index is 10.8. The van der Waals surface area contributed by atoms with E-state index in [0.29, 0.717) is 0 Å². The van der Waals surface area contributed by atoms with Crippen molar-refractivity contribution >= 4 is 40.0 Å². The van der Waals surface area contributed by atoms with Gasteiger partial charge in [-0.1, -0.05) is 20.8 Å². The Bertz CT molecular complexity index is 634. The molecule has 34 heavy (non-hydrogen) atoms. The molecule has 0 spiro atoms. The molecule has 1 radical (unpaired) electrons. The third-order valence-corrected chi connectivity index (χ3v) is 9.70. The first-order valence-corrected chi connectivity index (χ1v) is 16.1. The number of carbonyl (C=O) groups is 3. The average Bonchev–Trinajstić information content (AvgIpc) is 2.80. The summed E-state index contributed by atoms with van der Waals surface area (Å²) >= 11 is 0. The Hall–Kier alpha value is -0.306. The van der Waals surface area contributed by atoms with E-state index in [4.69, 9.17) is 0 Å². The van der Waals surface area contributed by atoms with Crippen LogP contribution in [-0.2, 0) is 64.0 Å². The molecular formula is C18H36O12P3Ti. The monoisotopic (exact) mass is 585 g/mol. The van der Waals surface area contributed by atoms with Gasteiger partial charge < -0.3 is 42.6 Å². The maximum absolute atomic E-state index is 10.8. The number of methoxy groups -OCH3 is 3. The molecule has 16 heteroatoms. The molecule has 3 atom stereocenters. The zero-order chi connectivity index (χ0) is 26.7. The molecule has 0 aromatic carbocycles. The van der Waals surface area contributed by atoms with E-state index < -0.39 is 40.0 Å². The molecule has 0 N–H and O–H groups in total. The first-order chi connectivity index (χ1) is 15.0. The topological polar surface area (TPSA) is 199 Å². The number of ether oxygens (including phenoxy) is 3. The molecule has 0 saturated heterocycles. The molecule has 0 aliphatic carbocycles. The maximum Gasteiger partial charge on any atom is 3.00 e. The van der Waals surface area contributed by atoms with Crippen molar-refractivity contribution in [1.82, 2.24) is 0 Å². The van der Waals surface area contributed by atoms with Gasteiger partial charge in [0.25, 0.3) is 0 Å². The van der Waals surface area contributed by atoms with Crippen molar-refractivity contribution < 1.29 is 78.7 Å². The van der Waals surface area contributed by atoms with E-state index in [1.54, 1.807) is 20.8 Å². The summed E-state index contributed by atoms with van der Waals surface area (Å²) in [5.41, 5.74) is 0. The van der Waals surface area contributed by atoms with Crippen molar-refractivity contribution in [3.05, 3.63) is 0 Å². The molecule has 199 valence electrons. The normalized spacial score (nSPS) is 15.1. The summed E-state index contributed by atoms with van der Waals surface area (Å²) in [7, 11) is -6.15. The minimum atomic E-state index is -3.29. The average molecular weight is 585 g/mol. The van der Waals surface area contributed by atoms with Crippen LogP contribution >= 0.6 is 22.1 Å². The molecular weight excluding hydrogens is 549 g/mol. The van der Waals surface area contributed by atoms with Gasteiger partial charge in [-0.3, -0.25) is 14.4 Å². The number of hydrogen-bond donors (Lipinski definition) is 0. The minimum Gasteiger partial charge on any atom is -0.799 e. The molecule has 0 bridgehead atoms. The summed E-state index contributed by atoms with van der Waals surface area (Å²) in [5.74, 6) is -1.43.